The van der Waals surface area contributed by atoms with Gasteiger partial charge in [0.15, 0.2) is 0 Å². The van der Waals surface area contributed by atoms with Crippen LogP contribution in [0.2, 0.25) is 0 Å². The van der Waals surface area contributed by atoms with Gasteiger partial charge in [-0.1, -0.05) is 13.8 Å². The fourth-order valence-corrected chi connectivity index (χ4v) is 2.12. The zero-order chi connectivity index (χ0) is 15.3. The van der Waals surface area contributed by atoms with Crippen LogP contribution in [0.15, 0.2) is 22.7 Å². The predicted molar refractivity (Wildman–Crippen MR) is 77.2 cm³/mol. The Labute approximate surface area is 124 Å². The van der Waals surface area contributed by atoms with Crippen molar-refractivity contribution in [2.45, 2.75) is 32.2 Å². The van der Waals surface area contributed by atoms with E-state index in [0.29, 0.717) is 5.69 Å². The van der Waals surface area contributed by atoms with E-state index in [1.807, 2.05) is 0 Å². The lowest BCUT2D eigenvalue weighted by atomic mass is 9.93. The van der Waals surface area contributed by atoms with Crippen LogP contribution in [0.25, 0.3) is 0 Å². The van der Waals surface area contributed by atoms with E-state index >= 15 is 0 Å². The minimum Gasteiger partial charge on any atom is -0.480 e. The molecule has 0 unspecified atom stereocenters. The lowest BCUT2D eigenvalue weighted by molar-refractivity contribution is -0.144. The van der Waals surface area contributed by atoms with Gasteiger partial charge in [-0.2, -0.15) is 0 Å². The van der Waals surface area contributed by atoms with E-state index < -0.39 is 23.4 Å². The van der Waals surface area contributed by atoms with E-state index in [-0.39, 0.29) is 17.3 Å². The second-order valence-corrected chi connectivity index (χ2v) is 5.16. The number of amides is 2. The summed E-state index contributed by atoms with van der Waals surface area (Å²) in [6.45, 7) is 3.37. The van der Waals surface area contributed by atoms with E-state index in [2.05, 4.69) is 26.6 Å². The van der Waals surface area contributed by atoms with Gasteiger partial charge in [0, 0.05) is 5.69 Å². The molecule has 7 heteroatoms. The minimum atomic E-state index is -1.30. The molecule has 0 atom stereocenters. The van der Waals surface area contributed by atoms with E-state index in [4.69, 9.17) is 0 Å². The topological polar surface area (TPSA) is 78.4 Å². The summed E-state index contributed by atoms with van der Waals surface area (Å²) in [5.74, 6) is -1.53. The summed E-state index contributed by atoms with van der Waals surface area (Å²) in [5, 5.41) is 14.2. The van der Waals surface area contributed by atoms with Crippen LogP contribution in [-0.2, 0) is 4.79 Å². The van der Waals surface area contributed by atoms with Gasteiger partial charge in [0.1, 0.15) is 11.4 Å². The highest BCUT2D eigenvalue weighted by molar-refractivity contribution is 9.10. The van der Waals surface area contributed by atoms with Crippen molar-refractivity contribution in [3.63, 3.8) is 0 Å². The summed E-state index contributed by atoms with van der Waals surface area (Å²) in [6.07, 6.45) is 0.527. The maximum atomic E-state index is 13.1. The Morgan fingerprint density at radius 1 is 1.35 bits per heavy atom. The van der Waals surface area contributed by atoms with Gasteiger partial charge >= 0.3 is 12.0 Å². The second-order valence-electron chi connectivity index (χ2n) is 4.30. The fraction of sp³-hybridized carbons (Fsp3) is 0.385. The first-order valence-corrected chi connectivity index (χ1v) is 6.91. The van der Waals surface area contributed by atoms with Crippen molar-refractivity contribution in [2.75, 3.05) is 5.32 Å². The molecule has 20 heavy (non-hydrogen) atoms. The van der Waals surface area contributed by atoms with Crippen LogP contribution in [0, 0.1) is 5.82 Å². The summed E-state index contributed by atoms with van der Waals surface area (Å²) < 4.78 is 13.3. The molecule has 0 radical (unpaired) electrons. The van der Waals surface area contributed by atoms with Gasteiger partial charge in [-0.25, -0.2) is 14.0 Å². The zero-order valence-corrected chi connectivity index (χ0v) is 12.8. The van der Waals surface area contributed by atoms with Gasteiger partial charge < -0.3 is 15.7 Å². The number of halogens is 2. The van der Waals surface area contributed by atoms with Crippen LogP contribution >= 0.6 is 15.9 Å². The summed E-state index contributed by atoms with van der Waals surface area (Å²) in [4.78, 5) is 23.1. The fourth-order valence-electron chi connectivity index (χ4n) is 1.74. The number of anilines is 1. The molecule has 1 aromatic rings. The molecule has 0 bridgehead atoms. The van der Waals surface area contributed by atoms with Crippen molar-refractivity contribution in [3.05, 3.63) is 28.5 Å². The SMILES string of the molecule is CCC(CC)(NC(=O)Nc1ccc(F)c(Br)c1)C(=O)O. The van der Waals surface area contributed by atoms with Crippen molar-refractivity contribution in [1.82, 2.24) is 5.32 Å². The standard InChI is InChI=1S/C13H16BrFN2O3/c1-3-13(4-2,11(18)19)17-12(20)16-8-5-6-10(15)9(14)7-8/h5-7H,3-4H2,1-2H3,(H,18,19)(H2,16,17,20). The van der Waals surface area contributed by atoms with Crippen molar-refractivity contribution in [3.8, 4) is 0 Å². The number of urea groups is 1. The first kappa shape index (κ1) is 16.4. The Hall–Kier alpha value is -1.63. The van der Waals surface area contributed by atoms with Gasteiger partial charge in [-0.3, -0.25) is 0 Å². The lowest BCUT2D eigenvalue weighted by Crippen LogP contribution is -2.54. The molecule has 5 nitrogen and oxygen atoms in total. The smallest absolute Gasteiger partial charge is 0.329 e. The van der Waals surface area contributed by atoms with Crippen molar-refractivity contribution < 1.29 is 19.1 Å². The average Bonchev–Trinajstić information content (AvgIpc) is 2.40. The predicted octanol–water partition coefficient (Wildman–Crippen LogP) is 3.35. The molecule has 1 aromatic carbocycles. The van der Waals surface area contributed by atoms with Gasteiger partial charge in [0.2, 0.25) is 0 Å². The first-order chi connectivity index (χ1) is 9.34. The highest BCUT2D eigenvalue weighted by atomic mass is 79.9. The van der Waals surface area contributed by atoms with Crippen LogP contribution in [0.5, 0.6) is 0 Å². The normalized spacial score (nSPS) is 11.0. The summed E-state index contributed by atoms with van der Waals surface area (Å²) in [6, 6.07) is 3.34. The maximum Gasteiger partial charge on any atom is 0.329 e. The number of nitrogens with one attached hydrogen (secondary N) is 2. The van der Waals surface area contributed by atoms with E-state index in [9.17, 15) is 19.1 Å². The van der Waals surface area contributed by atoms with Crippen molar-refractivity contribution >= 4 is 33.6 Å². The maximum absolute atomic E-state index is 13.1. The largest absolute Gasteiger partial charge is 0.480 e. The number of carbonyl (C=O) groups excluding carboxylic acids is 1. The number of hydrogen-bond acceptors (Lipinski definition) is 2. The third kappa shape index (κ3) is 3.69. The molecule has 110 valence electrons. The Balaban J connectivity index is 2.80. The van der Waals surface area contributed by atoms with Gasteiger partial charge in [-0.05, 0) is 47.0 Å². The molecule has 0 saturated carbocycles. The van der Waals surface area contributed by atoms with E-state index in [0.717, 1.165) is 0 Å². The quantitative estimate of drug-likeness (QED) is 0.764. The number of aliphatic carboxylic acids is 1. The first-order valence-electron chi connectivity index (χ1n) is 6.12. The molecule has 0 aliphatic heterocycles. The molecule has 1 rings (SSSR count). The third-order valence-corrected chi connectivity index (χ3v) is 3.75. The Morgan fingerprint density at radius 3 is 2.40 bits per heavy atom. The molecule has 0 aliphatic rings. The van der Waals surface area contributed by atoms with Crippen LogP contribution in [0.4, 0.5) is 14.9 Å². The van der Waals surface area contributed by atoms with Gasteiger partial charge in [-0.15, -0.1) is 0 Å². The van der Waals surface area contributed by atoms with Crippen LogP contribution in [-0.4, -0.2) is 22.6 Å². The summed E-state index contributed by atoms with van der Waals surface area (Å²) in [7, 11) is 0. The number of hydrogen-bond donors (Lipinski definition) is 3. The zero-order valence-electron chi connectivity index (χ0n) is 11.2. The Morgan fingerprint density at radius 2 is 1.95 bits per heavy atom. The van der Waals surface area contributed by atoms with E-state index in [1.165, 1.54) is 18.2 Å². The molecule has 0 saturated heterocycles. The number of rotatable bonds is 5. The highest BCUT2D eigenvalue weighted by Gasteiger charge is 2.36. The van der Waals surface area contributed by atoms with Crippen LogP contribution in [0.3, 0.4) is 0 Å². The molecule has 0 fully saturated rings. The van der Waals surface area contributed by atoms with Gasteiger partial charge in [0.25, 0.3) is 0 Å². The highest BCUT2D eigenvalue weighted by Crippen LogP contribution is 2.20. The lowest BCUT2D eigenvalue weighted by Gasteiger charge is -2.28. The van der Waals surface area contributed by atoms with E-state index in [1.54, 1.807) is 13.8 Å². The molecular formula is C13H16BrFN2O3. The second kappa shape index (κ2) is 6.69. The summed E-state index contributed by atoms with van der Waals surface area (Å²) in [5.41, 5.74) is -0.941. The minimum absolute atomic E-state index is 0.214. The molecule has 3 N–H and O–H groups in total. The van der Waals surface area contributed by atoms with Crippen LogP contribution in [0.1, 0.15) is 26.7 Å². The molecule has 0 spiro atoms. The Kier molecular flexibility index (Phi) is 5.50. The summed E-state index contributed by atoms with van der Waals surface area (Å²) >= 11 is 3.01. The van der Waals surface area contributed by atoms with Crippen molar-refractivity contribution in [2.24, 2.45) is 0 Å². The number of benzene rings is 1. The number of carboxylic acid groups (broad SMARTS) is 1. The number of carboxylic acids is 1. The molecule has 0 aromatic heterocycles. The molecule has 0 aliphatic carbocycles. The molecular weight excluding hydrogens is 331 g/mol. The third-order valence-electron chi connectivity index (χ3n) is 3.15. The average molecular weight is 347 g/mol. The number of carbonyl (C=O) groups is 2. The monoisotopic (exact) mass is 346 g/mol. The van der Waals surface area contributed by atoms with Crippen LogP contribution < -0.4 is 10.6 Å². The van der Waals surface area contributed by atoms with Crippen molar-refractivity contribution in [1.29, 1.82) is 0 Å². The molecule has 2 amide bonds. The van der Waals surface area contributed by atoms with Gasteiger partial charge in [0.05, 0.1) is 4.47 Å². The molecule has 0 heterocycles. The Bertz CT molecular complexity index is 518.